The predicted octanol–water partition coefficient (Wildman–Crippen LogP) is 6.06. The van der Waals surface area contributed by atoms with Crippen molar-refractivity contribution in [1.29, 1.82) is 0 Å². The van der Waals surface area contributed by atoms with Crippen LogP contribution in [0.25, 0.3) is 0 Å². The van der Waals surface area contributed by atoms with Crippen LogP contribution < -0.4 is 0 Å². The summed E-state index contributed by atoms with van der Waals surface area (Å²) in [5.74, 6) is 0. The third-order valence-corrected chi connectivity index (χ3v) is 3.73. The van der Waals surface area contributed by atoms with Crippen LogP contribution in [0.1, 0.15) is 76.7 Å². The Hall–Kier alpha value is -0.860. The fraction of sp³-hybridized carbons (Fsp3) is 0.684. The van der Waals surface area contributed by atoms with Crippen LogP contribution in [0.5, 0.6) is 0 Å². The average Bonchev–Trinajstić information content (AvgIpc) is 2.53. The van der Waals surface area contributed by atoms with E-state index in [2.05, 4.69) is 6.92 Å². The first kappa shape index (κ1) is 18.2. The van der Waals surface area contributed by atoms with Gasteiger partial charge in [0.25, 0.3) is 0 Å². The van der Waals surface area contributed by atoms with Gasteiger partial charge in [0.2, 0.25) is 0 Å². The zero-order chi connectivity index (χ0) is 15.0. The lowest BCUT2D eigenvalue weighted by molar-refractivity contribution is -0.304. The fourth-order valence-electron chi connectivity index (χ4n) is 2.39. The molecule has 0 saturated carbocycles. The van der Waals surface area contributed by atoms with Crippen LogP contribution in [0.15, 0.2) is 30.3 Å². The van der Waals surface area contributed by atoms with Gasteiger partial charge in [-0.05, 0) is 12.0 Å². The first-order valence-electron chi connectivity index (χ1n) is 8.72. The molecule has 0 aliphatic heterocycles. The smallest absolute Gasteiger partial charge is 0.107 e. The lowest BCUT2D eigenvalue weighted by Crippen LogP contribution is -1.97. The molecule has 2 heteroatoms. The molecule has 0 amide bonds. The third-order valence-electron chi connectivity index (χ3n) is 3.73. The minimum Gasteiger partial charge on any atom is -0.236 e. The topological polar surface area (TPSA) is 18.5 Å². The summed E-state index contributed by atoms with van der Waals surface area (Å²) in [6.45, 7) is 3.52. The molecule has 0 saturated heterocycles. The Kier molecular flexibility index (Phi) is 12.2. The third kappa shape index (κ3) is 11.5. The summed E-state index contributed by atoms with van der Waals surface area (Å²) in [4.78, 5) is 10.4. The summed E-state index contributed by atoms with van der Waals surface area (Å²) in [6.07, 6.45) is 13.5. The van der Waals surface area contributed by atoms with Gasteiger partial charge in [-0.3, -0.25) is 0 Å². The number of unbranched alkanes of at least 4 members (excludes halogenated alkanes) is 9. The molecule has 0 fully saturated rings. The Morgan fingerprint density at radius 3 is 1.86 bits per heavy atom. The number of hydrogen-bond acceptors (Lipinski definition) is 2. The lowest BCUT2D eigenvalue weighted by atomic mass is 10.1. The molecule has 0 heterocycles. The van der Waals surface area contributed by atoms with E-state index in [4.69, 9.17) is 9.78 Å². The van der Waals surface area contributed by atoms with E-state index in [1.807, 2.05) is 30.3 Å². The molecule has 0 N–H and O–H groups in total. The maximum absolute atomic E-state index is 5.21. The molecule has 2 nitrogen and oxygen atoms in total. The second kappa shape index (κ2) is 14.1. The standard InChI is InChI=1S/C19H32O2/c1-2-3-4-5-6-7-8-9-10-14-17-20-21-18-19-15-12-11-13-16-19/h11-13,15-16H,2-10,14,17-18H2,1H3. The maximum Gasteiger partial charge on any atom is 0.107 e. The minimum absolute atomic E-state index is 0.540. The number of hydrogen-bond donors (Lipinski definition) is 0. The highest BCUT2D eigenvalue weighted by Gasteiger charge is 1.95. The van der Waals surface area contributed by atoms with Crippen LogP contribution in [-0.2, 0) is 16.4 Å². The van der Waals surface area contributed by atoms with Gasteiger partial charge in [0.05, 0.1) is 6.61 Å². The highest BCUT2D eigenvalue weighted by atomic mass is 17.2. The summed E-state index contributed by atoms with van der Waals surface area (Å²) in [7, 11) is 0. The second-order valence-electron chi connectivity index (χ2n) is 5.75. The fourth-order valence-corrected chi connectivity index (χ4v) is 2.39. The summed E-state index contributed by atoms with van der Waals surface area (Å²) in [5.41, 5.74) is 1.15. The van der Waals surface area contributed by atoms with Crippen molar-refractivity contribution in [2.75, 3.05) is 6.61 Å². The van der Waals surface area contributed by atoms with Crippen molar-refractivity contribution in [3.63, 3.8) is 0 Å². The van der Waals surface area contributed by atoms with Gasteiger partial charge in [-0.25, -0.2) is 9.78 Å². The van der Waals surface area contributed by atoms with Gasteiger partial charge in [0.15, 0.2) is 0 Å². The lowest BCUT2D eigenvalue weighted by Gasteiger charge is -2.04. The van der Waals surface area contributed by atoms with Crippen molar-refractivity contribution in [3.05, 3.63) is 35.9 Å². The summed E-state index contributed by atoms with van der Waals surface area (Å²) in [6, 6.07) is 10.1. The number of benzene rings is 1. The molecule has 21 heavy (non-hydrogen) atoms. The van der Waals surface area contributed by atoms with E-state index in [1.54, 1.807) is 0 Å². The summed E-state index contributed by atoms with van der Waals surface area (Å²) in [5, 5.41) is 0. The molecule has 120 valence electrons. The highest BCUT2D eigenvalue weighted by Crippen LogP contribution is 2.10. The van der Waals surface area contributed by atoms with Gasteiger partial charge in [0, 0.05) is 0 Å². The Labute approximate surface area is 130 Å². The Bertz CT molecular complexity index is 311. The normalized spacial score (nSPS) is 10.9. The first-order chi connectivity index (χ1) is 10.4. The van der Waals surface area contributed by atoms with Gasteiger partial charge in [-0.15, -0.1) is 0 Å². The predicted molar refractivity (Wildman–Crippen MR) is 89.0 cm³/mol. The summed E-state index contributed by atoms with van der Waals surface area (Å²) < 4.78 is 0. The quantitative estimate of drug-likeness (QED) is 0.236. The SMILES string of the molecule is CCCCCCCCCCCCOOCc1ccccc1. The van der Waals surface area contributed by atoms with Gasteiger partial charge in [0.1, 0.15) is 6.61 Å². The molecule has 0 radical (unpaired) electrons. The molecular weight excluding hydrogens is 260 g/mol. The monoisotopic (exact) mass is 292 g/mol. The van der Waals surface area contributed by atoms with E-state index in [-0.39, 0.29) is 0 Å². The zero-order valence-electron chi connectivity index (χ0n) is 13.7. The minimum atomic E-state index is 0.540. The van der Waals surface area contributed by atoms with E-state index >= 15 is 0 Å². The van der Waals surface area contributed by atoms with E-state index in [1.165, 1.54) is 57.8 Å². The maximum atomic E-state index is 5.21. The van der Waals surface area contributed by atoms with E-state index in [9.17, 15) is 0 Å². The Morgan fingerprint density at radius 2 is 1.24 bits per heavy atom. The van der Waals surface area contributed by atoms with Crippen LogP contribution in [-0.4, -0.2) is 6.61 Å². The van der Waals surface area contributed by atoms with Crippen molar-refractivity contribution in [3.8, 4) is 0 Å². The Morgan fingerprint density at radius 1 is 0.667 bits per heavy atom. The van der Waals surface area contributed by atoms with Crippen molar-refractivity contribution >= 4 is 0 Å². The van der Waals surface area contributed by atoms with Crippen LogP contribution in [0.3, 0.4) is 0 Å². The van der Waals surface area contributed by atoms with E-state index < -0.39 is 0 Å². The van der Waals surface area contributed by atoms with Crippen molar-refractivity contribution in [2.24, 2.45) is 0 Å². The molecule has 0 aromatic heterocycles. The van der Waals surface area contributed by atoms with Crippen molar-refractivity contribution in [1.82, 2.24) is 0 Å². The van der Waals surface area contributed by atoms with Crippen LogP contribution in [0.4, 0.5) is 0 Å². The first-order valence-corrected chi connectivity index (χ1v) is 8.72. The molecule has 0 bridgehead atoms. The van der Waals surface area contributed by atoms with E-state index in [0.717, 1.165) is 12.0 Å². The van der Waals surface area contributed by atoms with Gasteiger partial charge < -0.3 is 0 Å². The van der Waals surface area contributed by atoms with Gasteiger partial charge >= 0.3 is 0 Å². The van der Waals surface area contributed by atoms with E-state index in [0.29, 0.717) is 13.2 Å². The molecule has 0 spiro atoms. The van der Waals surface area contributed by atoms with Gasteiger partial charge in [-0.1, -0.05) is 95.0 Å². The molecular formula is C19H32O2. The molecule has 1 aromatic rings. The largest absolute Gasteiger partial charge is 0.236 e. The summed E-state index contributed by atoms with van der Waals surface area (Å²) >= 11 is 0. The molecule has 0 aliphatic carbocycles. The Balaban J connectivity index is 1.75. The molecule has 0 unspecified atom stereocenters. The van der Waals surface area contributed by atoms with Crippen molar-refractivity contribution < 1.29 is 9.78 Å². The molecule has 1 rings (SSSR count). The molecule has 1 aromatic carbocycles. The molecule has 0 atom stereocenters. The zero-order valence-corrected chi connectivity index (χ0v) is 13.7. The van der Waals surface area contributed by atoms with Crippen LogP contribution >= 0.6 is 0 Å². The van der Waals surface area contributed by atoms with Crippen molar-refractivity contribution in [2.45, 2.75) is 77.7 Å². The van der Waals surface area contributed by atoms with Crippen LogP contribution in [0, 0.1) is 0 Å². The average molecular weight is 292 g/mol. The van der Waals surface area contributed by atoms with Crippen LogP contribution in [0.2, 0.25) is 0 Å². The highest BCUT2D eigenvalue weighted by molar-refractivity contribution is 5.13. The second-order valence-corrected chi connectivity index (χ2v) is 5.75. The molecule has 0 aliphatic rings. The van der Waals surface area contributed by atoms with Gasteiger partial charge in [-0.2, -0.15) is 0 Å². The number of rotatable bonds is 14.